The highest BCUT2D eigenvalue weighted by Crippen LogP contribution is 2.25. The van der Waals surface area contributed by atoms with E-state index in [1.54, 1.807) is 0 Å². The van der Waals surface area contributed by atoms with Gasteiger partial charge < -0.3 is 21.2 Å². The molecule has 0 aliphatic heterocycles. The van der Waals surface area contributed by atoms with Crippen molar-refractivity contribution in [1.82, 2.24) is 10.3 Å². The molecule has 0 bridgehead atoms. The highest BCUT2D eigenvalue weighted by Gasteiger charge is 2.28. The number of nitrogens with zero attached hydrogens (tertiary/aromatic N) is 1. The van der Waals surface area contributed by atoms with E-state index >= 15 is 0 Å². The van der Waals surface area contributed by atoms with Crippen molar-refractivity contribution in [3.8, 4) is 0 Å². The molecule has 7 heteroatoms. The summed E-state index contributed by atoms with van der Waals surface area (Å²) in [5.41, 5.74) is 6.05. The Bertz CT molecular complexity index is 477. The lowest BCUT2D eigenvalue weighted by Crippen LogP contribution is -2.51. The number of carbonyl (C=O) groups excluding carboxylic acids is 1. The van der Waals surface area contributed by atoms with Crippen LogP contribution in [0.5, 0.6) is 0 Å². The lowest BCUT2D eigenvalue weighted by atomic mass is 9.82. The quantitative estimate of drug-likeness (QED) is 0.563. The third kappa shape index (κ3) is 3.31. The standard InChI is InChI=1S/C12H18N4O3/c13-12(6-2-1-3-7-12)8-14-11(17)9-4-5-10(15-9)16(18)19/h4-5,15H,1-3,6-8,13H2,(H,14,17). The zero-order chi connectivity index (χ0) is 13.9. The Morgan fingerprint density at radius 1 is 1.42 bits per heavy atom. The first-order chi connectivity index (χ1) is 9.00. The van der Waals surface area contributed by atoms with Gasteiger partial charge in [0.2, 0.25) is 0 Å². The van der Waals surface area contributed by atoms with Gasteiger partial charge in [-0.15, -0.1) is 0 Å². The number of hydrogen-bond acceptors (Lipinski definition) is 4. The molecule has 1 aliphatic rings. The summed E-state index contributed by atoms with van der Waals surface area (Å²) in [4.78, 5) is 24.3. The SMILES string of the molecule is NC1(CNC(=O)c2ccc([N+](=O)[O-])[nH]2)CCCCC1. The molecule has 4 N–H and O–H groups in total. The van der Waals surface area contributed by atoms with Crippen LogP contribution in [0.15, 0.2) is 12.1 Å². The van der Waals surface area contributed by atoms with Crippen molar-refractivity contribution in [2.75, 3.05) is 6.54 Å². The molecule has 1 aromatic heterocycles. The predicted octanol–water partition coefficient (Wildman–Crippen LogP) is 1.31. The van der Waals surface area contributed by atoms with Gasteiger partial charge in [0.15, 0.2) is 5.69 Å². The number of nitrogens with two attached hydrogens (primary N) is 1. The molecule has 1 aromatic rings. The van der Waals surface area contributed by atoms with Crippen LogP contribution in [0.3, 0.4) is 0 Å². The highest BCUT2D eigenvalue weighted by molar-refractivity contribution is 5.92. The maximum atomic E-state index is 11.8. The number of H-pyrrole nitrogens is 1. The molecule has 0 atom stereocenters. The minimum atomic E-state index is -0.567. The Hall–Kier alpha value is -1.89. The molecule has 0 radical (unpaired) electrons. The van der Waals surface area contributed by atoms with Crippen LogP contribution in [0.2, 0.25) is 0 Å². The van der Waals surface area contributed by atoms with Crippen molar-refractivity contribution in [2.45, 2.75) is 37.6 Å². The van der Waals surface area contributed by atoms with Crippen LogP contribution in [0.25, 0.3) is 0 Å². The van der Waals surface area contributed by atoms with Crippen LogP contribution in [-0.4, -0.2) is 27.9 Å². The monoisotopic (exact) mass is 266 g/mol. The minimum absolute atomic E-state index is 0.186. The van der Waals surface area contributed by atoms with Gasteiger partial charge in [0.25, 0.3) is 5.91 Å². The van der Waals surface area contributed by atoms with E-state index in [0.717, 1.165) is 25.7 Å². The Labute approximate surface area is 110 Å². The highest BCUT2D eigenvalue weighted by atomic mass is 16.6. The van der Waals surface area contributed by atoms with E-state index in [1.807, 2.05) is 0 Å². The van der Waals surface area contributed by atoms with Crippen molar-refractivity contribution in [3.63, 3.8) is 0 Å². The summed E-state index contributed by atoms with van der Waals surface area (Å²) in [5.74, 6) is -0.547. The Morgan fingerprint density at radius 3 is 2.68 bits per heavy atom. The molecule has 0 saturated heterocycles. The number of rotatable bonds is 4. The topological polar surface area (TPSA) is 114 Å². The van der Waals surface area contributed by atoms with Gasteiger partial charge in [0.05, 0.1) is 0 Å². The molecule has 0 unspecified atom stereocenters. The molecular formula is C12H18N4O3. The van der Waals surface area contributed by atoms with E-state index in [9.17, 15) is 14.9 Å². The number of amides is 1. The molecule has 1 amide bonds. The van der Waals surface area contributed by atoms with Gasteiger partial charge in [-0.2, -0.15) is 0 Å². The fourth-order valence-electron chi connectivity index (χ4n) is 2.41. The third-order valence-electron chi connectivity index (χ3n) is 3.56. The van der Waals surface area contributed by atoms with Gasteiger partial charge in [-0.25, -0.2) is 4.98 Å². The first kappa shape index (κ1) is 13.5. The van der Waals surface area contributed by atoms with Crippen LogP contribution >= 0.6 is 0 Å². The Balaban J connectivity index is 1.91. The average molecular weight is 266 g/mol. The van der Waals surface area contributed by atoms with E-state index in [4.69, 9.17) is 5.73 Å². The van der Waals surface area contributed by atoms with Crippen LogP contribution in [0, 0.1) is 10.1 Å². The summed E-state index contributed by atoms with van der Waals surface area (Å²) in [6.45, 7) is 0.401. The van der Waals surface area contributed by atoms with Crippen molar-refractivity contribution in [1.29, 1.82) is 0 Å². The first-order valence-electron chi connectivity index (χ1n) is 6.41. The number of nitrogens with one attached hydrogen (secondary N) is 2. The second-order valence-corrected chi connectivity index (χ2v) is 5.12. The zero-order valence-electron chi connectivity index (χ0n) is 10.6. The maximum absolute atomic E-state index is 11.8. The van der Waals surface area contributed by atoms with Crippen LogP contribution < -0.4 is 11.1 Å². The number of carbonyl (C=O) groups is 1. The van der Waals surface area contributed by atoms with Gasteiger partial charge in [0, 0.05) is 18.2 Å². The molecule has 1 aliphatic carbocycles. The molecule has 7 nitrogen and oxygen atoms in total. The normalized spacial score (nSPS) is 17.9. The molecule has 2 rings (SSSR count). The van der Waals surface area contributed by atoms with E-state index in [-0.39, 0.29) is 23.0 Å². The van der Waals surface area contributed by atoms with E-state index < -0.39 is 4.92 Å². The first-order valence-corrected chi connectivity index (χ1v) is 6.41. The van der Waals surface area contributed by atoms with Gasteiger partial charge in [-0.05, 0) is 23.8 Å². The van der Waals surface area contributed by atoms with Crippen LogP contribution in [-0.2, 0) is 0 Å². The fourth-order valence-corrected chi connectivity index (χ4v) is 2.41. The molecule has 104 valence electrons. The molecular weight excluding hydrogens is 248 g/mol. The van der Waals surface area contributed by atoms with Gasteiger partial charge in [-0.3, -0.25) is 4.79 Å². The molecule has 0 spiro atoms. The predicted molar refractivity (Wildman–Crippen MR) is 69.8 cm³/mol. The number of aromatic amines is 1. The summed E-state index contributed by atoms with van der Waals surface area (Å²) >= 11 is 0. The van der Waals surface area contributed by atoms with Gasteiger partial charge >= 0.3 is 5.82 Å². The molecule has 1 saturated carbocycles. The van der Waals surface area contributed by atoms with Crippen molar-refractivity contribution in [2.24, 2.45) is 5.73 Å². The smallest absolute Gasteiger partial charge is 0.321 e. The Kier molecular flexibility index (Phi) is 3.84. The second-order valence-electron chi connectivity index (χ2n) is 5.12. The summed E-state index contributed by atoms with van der Waals surface area (Å²) in [7, 11) is 0. The lowest BCUT2D eigenvalue weighted by Gasteiger charge is -2.33. The number of hydrogen-bond donors (Lipinski definition) is 3. The van der Waals surface area contributed by atoms with Gasteiger partial charge in [-0.1, -0.05) is 19.3 Å². The molecule has 0 aromatic carbocycles. The number of nitro groups is 1. The summed E-state index contributed by atoms with van der Waals surface area (Å²) in [5, 5.41) is 13.3. The Morgan fingerprint density at radius 2 is 2.11 bits per heavy atom. The van der Waals surface area contributed by atoms with E-state index in [1.165, 1.54) is 18.6 Å². The second kappa shape index (κ2) is 5.40. The molecule has 1 heterocycles. The van der Waals surface area contributed by atoms with E-state index in [0.29, 0.717) is 6.54 Å². The van der Waals surface area contributed by atoms with Crippen molar-refractivity contribution < 1.29 is 9.72 Å². The molecule has 1 fully saturated rings. The average Bonchev–Trinajstić information content (AvgIpc) is 2.87. The number of aromatic nitrogens is 1. The van der Waals surface area contributed by atoms with E-state index in [2.05, 4.69) is 10.3 Å². The summed E-state index contributed by atoms with van der Waals surface area (Å²) in [6, 6.07) is 2.67. The minimum Gasteiger partial charge on any atom is -0.358 e. The summed E-state index contributed by atoms with van der Waals surface area (Å²) in [6.07, 6.45) is 5.16. The van der Waals surface area contributed by atoms with Crippen LogP contribution in [0.1, 0.15) is 42.6 Å². The van der Waals surface area contributed by atoms with Crippen molar-refractivity contribution >= 4 is 11.7 Å². The maximum Gasteiger partial charge on any atom is 0.321 e. The fraction of sp³-hybridized carbons (Fsp3) is 0.583. The van der Waals surface area contributed by atoms with Crippen molar-refractivity contribution in [3.05, 3.63) is 27.9 Å². The zero-order valence-corrected chi connectivity index (χ0v) is 10.6. The summed E-state index contributed by atoms with van der Waals surface area (Å²) < 4.78 is 0. The van der Waals surface area contributed by atoms with Gasteiger partial charge in [0.1, 0.15) is 0 Å². The lowest BCUT2D eigenvalue weighted by molar-refractivity contribution is -0.389. The van der Waals surface area contributed by atoms with Crippen LogP contribution in [0.4, 0.5) is 5.82 Å². The largest absolute Gasteiger partial charge is 0.358 e. The molecule has 19 heavy (non-hydrogen) atoms. The third-order valence-corrected chi connectivity index (χ3v) is 3.56.